The molecule has 0 bridgehead atoms. The minimum absolute atomic E-state index is 0.136. The number of anilines is 1. The van der Waals surface area contributed by atoms with Crippen molar-refractivity contribution in [1.82, 2.24) is 20.0 Å². The van der Waals surface area contributed by atoms with Crippen LogP contribution in [0, 0.1) is 6.92 Å². The molecule has 1 saturated carbocycles. The van der Waals surface area contributed by atoms with Crippen LogP contribution in [0.2, 0.25) is 0 Å². The first kappa shape index (κ1) is 14.4. The highest BCUT2D eigenvalue weighted by atomic mass is 16.2. The molecule has 2 amide bonds. The fourth-order valence-electron chi connectivity index (χ4n) is 3.22. The highest BCUT2D eigenvalue weighted by Crippen LogP contribution is 2.32. The Morgan fingerprint density at radius 1 is 1.38 bits per heavy atom. The summed E-state index contributed by atoms with van der Waals surface area (Å²) in [5.74, 6) is 0.759. The van der Waals surface area contributed by atoms with Crippen molar-refractivity contribution in [2.24, 2.45) is 7.05 Å². The molecule has 1 aliphatic carbocycles. The summed E-state index contributed by atoms with van der Waals surface area (Å²) >= 11 is 0. The molecule has 1 aromatic rings. The molecule has 1 aliphatic heterocycles. The van der Waals surface area contributed by atoms with E-state index in [0.717, 1.165) is 24.0 Å². The SMILES string of the molecule is Cc1cnn(C)c1NC(=O)NCC1CCCCN1C1CC1. The second kappa shape index (κ2) is 6.05. The smallest absolute Gasteiger partial charge is 0.320 e. The van der Waals surface area contributed by atoms with Gasteiger partial charge in [0, 0.05) is 31.2 Å². The Morgan fingerprint density at radius 2 is 2.19 bits per heavy atom. The zero-order valence-electron chi connectivity index (χ0n) is 12.9. The average molecular weight is 291 g/mol. The van der Waals surface area contributed by atoms with E-state index in [-0.39, 0.29) is 6.03 Å². The van der Waals surface area contributed by atoms with Crippen LogP contribution in [0.4, 0.5) is 10.6 Å². The lowest BCUT2D eigenvalue weighted by Crippen LogP contribution is -2.48. The van der Waals surface area contributed by atoms with Crippen molar-refractivity contribution < 1.29 is 4.79 Å². The molecule has 21 heavy (non-hydrogen) atoms. The van der Waals surface area contributed by atoms with Gasteiger partial charge < -0.3 is 5.32 Å². The first-order valence-electron chi connectivity index (χ1n) is 7.94. The molecule has 0 aromatic carbocycles. The molecule has 2 heterocycles. The standard InChI is InChI=1S/C15H25N5O/c1-11-9-17-19(2)14(11)18-15(21)16-10-13-5-3-4-8-20(13)12-6-7-12/h9,12-13H,3-8,10H2,1-2H3,(H2,16,18,21). The number of rotatable bonds is 4. The number of aromatic nitrogens is 2. The number of aryl methyl sites for hydroxylation is 2. The molecule has 2 aliphatic rings. The molecule has 1 saturated heterocycles. The number of nitrogens with one attached hydrogen (secondary N) is 2. The summed E-state index contributed by atoms with van der Waals surface area (Å²) in [6, 6.07) is 1.15. The number of carbonyl (C=O) groups is 1. The van der Waals surface area contributed by atoms with Crippen LogP contribution in [0.5, 0.6) is 0 Å². The van der Waals surface area contributed by atoms with Gasteiger partial charge in [0.2, 0.25) is 0 Å². The van der Waals surface area contributed by atoms with E-state index in [0.29, 0.717) is 6.04 Å². The molecule has 0 radical (unpaired) electrons. The highest BCUT2D eigenvalue weighted by Gasteiger charge is 2.35. The van der Waals surface area contributed by atoms with Crippen LogP contribution in [0.25, 0.3) is 0 Å². The summed E-state index contributed by atoms with van der Waals surface area (Å²) in [7, 11) is 1.83. The van der Waals surface area contributed by atoms with Gasteiger partial charge in [-0.15, -0.1) is 0 Å². The fourth-order valence-corrected chi connectivity index (χ4v) is 3.22. The van der Waals surface area contributed by atoms with Gasteiger partial charge in [-0.25, -0.2) is 4.79 Å². The number of hydrogen-bond acceptors (Lipinski definition) is 3. The molecule has 0 spiro atoms. The van der Waals surface area contributed by atoms with Crippen LogP contribution < -0.4 is 10.6 Å². The predicted molar refractivity (Wildman–Crippen MR) is 82.3 cm³/mol. The van der Waals surface area contributed by atoms with Crippen molar-refractivity contribution in [3.63, 3.8) is 0 Å². The van der Waals surface area contributed by atoms with E-state index in [9.17, 15) is 4.79 Å². The minimum Gasteiger partial charge on any atom is -0.336 e. The third-order valence-corrected chi connectivity index (χ3v) is 4.54. The van der Waals surface area contributed by atoms with Crippen LogP contribution in [0.3, 0.4) is 0 Å². The second-order valence-electron chi connectivity index (χ2n) is 6.25. The van der Waals surface area contributed by atoms with E-state index in [4.69, 9.17) is 0 Å². The van der Waals surface area contributed by atoms with Gasteiger partial charge >= 0.3 is 6.03 Å². The maximum Gasteiger partial charge on any atom is 0.320 e. The Morgan fingerprint density at radius 3 is 2.86 bits per heavy atom. The number of likely N-dealkylation sites (tertiary alicyclic amines) is 1. The van der Waals surface area contributed by atoms with E-state index in [1.807, 2.05) is 14.0 Å². The molecule has 1 unspecified atom stereocenters. The van der Waals surface area contributed by atoms with Crippen molar-refractivity contribution in [3.05, 3.63) is 11.8 Å². The van der Waals surface area contributed by atoms with Crippen molar-refractivity contribution in [2.45, 2.75) is 51.1 Å². The second-order valence-corrected chi connectivity index (χ2v) is 6.25. The Hall–Kier alpha value is -1.56. The van der Waals surface area contributed by atoms with Gasteiger partial charge in [0.05, 0.1) is 6.20 Å². The number of piperidine rings is 1. The fraction of sp³-hybridized carbons (Fsp3) is 0.733. The molecular weight excluding hydrogens is 266 g/mol. The summed E-state index contributed by atoms with van der Waals surface area (Å²) in [6.07, 6.45) is 8.19. The quantitative estimate of drug-likeness (QED) is 0.890. The maximum atomic E-state index is 12.1. The normalized spacial score (nSPS) is 23.0. The van der Waals surface area contributed by atoms with E-state index in [1.54, 1.807) is 10.9 Å². The Balaban J connectivity index is 1.51. The zero-order valence-corrected chi connectivity index (χ0v) is 12.9. The van der Waals surface area contributed by atoms with E-state index < -0.39 is 0 Å². The van der Waals surface area contributed by atoms with Gasteiger partial charge in [-0.1, -0.05) is 6.42 Å². The topological polar surface area (TPSA) is 62.2 Å². The van der Waals surface area contributed by atoms with Gasteiger partial charge in [0.1, 0.15) is 5.82 Å². The van der Waals surface area contributed by atoms with Crippen LogP contribution in [0.1, 0.15) is 37.7 Å². The molecular formula is C15H25N5O. The molecule has 3 rings (SSSR count). The largest absolute Gasteiger partial charge is 0.336 e. The maximum absolute atomic E-state index is 12.1. The van der Waals surface area contributed by atoms with Crippen molar-refractivity contribution in [3.8, 4) is 0 Å². The number of amides is 2. The lowest BCUT2D eigenvalue weighted by molar-refractivity contribution is 0.138. The zero-order chi connectivity index (χ0) is 14.8. The lowest BCUT2D eigenvalue weighted by Gasteiger charge is -2.36. The van der Waals surface area contributed by atoms with Gasteiger partial charge in [-0.2, -0.15) is 5.10 Å². The van der Waals surface area contributed by atoms with E-state index in [2.05, 4.69) is 20.6 Å². The van der Waals surface area contributed by atoms with Gasteiger partial charge in [0.25, 0.3) is 0 Å². The van der Waals surface area contributed by atoms with E-state index >= 15 is 0 Å². The van der Waals surface area contributed by atoms with Crippen LogP contribution in [-0.4, -0.2) is 45.9 Å². The third kappa shape index (κ3) is 3.37. The lowest BCUT2D eigenvalue weighted by atomic mass is 10.0. The van der Waals surface area contributed by atoms with Crippen molar-refractivity contribution in [1.29, 1.82) is 0 Å². The minimum atomic E-state index is -0.136. The van der Waals surface area contributed by atoms with E-state index in [1.165, 1.54) is 38.6 Å². The first-order chi connectivity index (χ1) is 10.1. The molecule has 2 fully saturated rings. The molecule has 6 heteroatoms. The number of urea groups is 1. The van der Waals surface area contributed by atoms with Gasteiger partial charge in [0.15, 0.2) is 0 Å². The number of nitrogens with zero attached hydrogens (tertiary/aromatic N) is 3. The predicted octanol–water partition coefficient (Wildman–Crippen LogP) is 1.87. The molecule has 2 N–H and O–H groups in total. The summed E-state index contributed by atoms with van der Waals surface area (Å²) in [6.45, 7) is 3.87. The van der Waals surface area contributed by atoms with Gasteiger partial charge in [-0.3, -0.25) is 14.9 Å². The van der Waals surface area contributed by atoms with Crippen molar-refractivity contribution in [2.75, 3.05) is 18.4 Å². The molecule has 1 aromatic heterocycles. The Labute approximate surface area is 125 Å². The molecule has 116 valence electrons. The first-order valence-corrected chi connectivity index (χ1v) is 7.94. The van der Waals surface area contributed by atoms with Crippen LogP contribution >= 0.6 is 0 Å². The molecule has 6 nitrogen and oxygen atoms in total. The number of hydrogen-bond donors (Lipinski definition) is 2. The third-order valence-electron chi connectivity index (χ3n) is 4.54. The summed E-state index contributed by atoms with van der Waals surface area (Å²) < 4.78 is 1.69. The van der Waals surface area contributed by atoms with Crippen LogP contribution in [-0.2, 0) is 7.05 Å². The monoisotopic (exact) mass is 291 g/mol. The summed E-state index contributed by atoms with van der Waals surface area (Å²) in [5, 5.41) is 10.0. The summed E-state index contributed by atoms with van der Waals surface area (Å²) in [5.41, 5.74) is 0.977. The number of carbonyl (C=O) groups excluding carboxylic acids is 1. The highest BCUT2D eigenvalue weighted by molar-refractivity contribution is 5.89. The Kier molecular flexibility index (Phi) is 4.14. The Bertz CT molecular complexity index is 489. The van der Waals surface area contributed by atoms with Crippen LogP contribution in [0.15, 0.2) is 6.20 Å². The molecule has 1 atom stereocenters. The average Bonchev–Trinajstić information content (AvgIpc) is 3.28. The summed E-state index contributed by atoms with van der Waals surface area (Å²) in [4.78, 5) is 14.7. The van der Waals surface area contributed by atoms with Gasteiger partial charge in [-0.05, 0) is 39.2 Å². The van der Waals surface area contributed by atoms with Crippen molar-refractivity contribution >= 4 is 11.8 Å².